The molecule has 96 valence electrons. The molecule has 1 saturated heterocycles. The molecule has 0 aromatic rings. The fourth-order valence-electron chi connectivity index (χ4n) is 1.70. The molecular formula is C8H16BrNO4S2. The van der Waals surface area contributed by atoms with Gasteiger partial charge in [-0.3, -0.25) is 0 Å². The number of halogens is 1. The molecule has 8 heteroatoms. The lowest BCUT2D eigenvalue weighted by atomic mass is 10.3. The summed E-state index contributed by atoms with van der Waals surface area (Å²) in [4.78, 5) is 0. The third kappa shape index (κ3) is 3.97. The van der Waals surface area contributed by atoms with E-state index in [-0.39, 0.29) is 17.5 Å². The number of alkyl halides is 1. The molecule has 0 spiro atoms. The lowest BCUT2D eigenvalue weighted by Crippen LogP contribution is -2.39. The standard InChI is InChI=1S/C8H16BrNO4S2/c1-15(11,12)5-6-16(13,14)10-4-2-3-8(10)7-9/h8H,2-7H2,1H3. The number of sulfonamides is 1. The van der Waals surface area contributed by atoms with E-state index in [1.807, 2.05) is 0 Å². The van der Waals surface area contributed by atoms with Crippen LogP contribution in [0.4, 0.5) is 0 Å². The summed E-state index contributed by atoms with van der Waals surface area (Å²) in [6, 6.07) is -0.0236. The highest BCUT2D eigenvalue weighted by atomic mass is 79.9. The van der Waals surface area contributed by atoms with E-state index in [4.69, 9.17) is 0 Å². The third-order valence-corrected chi connectivity index (χ3v) is 6.44. The molecule has 5 nitrogen and oxygen atoms in total. The molecule has 1 aliphatic rings. The second-order valence-electron chi connectivity index (χ2n) is 4.01. The van der Waals surface area contributed by atoms with E-state index < -0.39 is 19.9 Å². The predicted octanol–water partition coefficient (Wildman–Crippen LogP) is 0.220. The zero-order valence-electron chi connectivity index (χ0n) is 9.09. The number of sulfone groups is 1. The highest BCUT2D eigenvalue weighted by Gasteiger charge is 2.33. The van der Waals surface area contributed by atoms with E-state index >= 15 is 0 Å². The van der Waals surface area contributed by atoms with Gasteiger partial charge in [-0.15, -0.1) is 0 Å². The van der Waals surface area contributed by atoms with Crippen LogP contribution in [-0.2, 0) is 19.9 Å². The van der Waals surface area contributed by atoms with Crippen LogP contribution in [0.5, 0.6) is 0 Å². The van der Waals surface area contributed by atoms with Crippen molar-refractivity contribution in [1.82, 2.24) is 4.31 Å². The minimum atomic E-state index is -3.43. The van der Waals surface area contributed by atoms with Gasteiger partial charge in [-0.1, -0.05) is 15.9 Å². The van der Waals surface area contributed by atoms with Crippen LogP contribution in [0, 0.1) is 0 Å². The summed E-state index contributed by atoms with van der Waals surface area (Å²) in [5.74, 6) is -0.615. The lowest BCUT2D eigenvalue weighted by Gasteiger charge is -2.22. The molecule has 1 aliphatic heterocycles. The Kier molecular flexibility index (Phi) is 4.79. The van der Waals surface area contributed by atoms with Crippen molar-refractivity contribution in [2.75, 3.05) is 29.6 Å². The second kappa shape index (κ2) is 5.32. The monoisotopic (exact) mass is 333 g/mol. The molecule has 1 heterocycles. The van der Waals surface area contributed by atoms with Gasteiger partial charge < -0.3 is 0 Å². The molecule has 0 radical (unpaired) electrons. The van der Waals surface area contributed by atoms with Gasteiger partial charge in [-0.25, -0.2) is 16.8 Å². The Balaban J connectivity index is 2.70. The molecule has 1 rings (SSSR count). The summed E-state index contributed by atoms with van der Waals surface area (Å²) in [6.07, 6.45) is 2.73. The van der Waals surface area contributed by atoms with Crippen LogP contribution >= 0.6 is 15.9 Å². The van der Waals surface area contributed by atoms with Crippen molar-refractivity contribution in [1.29, 1.82) is 0 Å². The fourth-order valence-corrected chi connectivity index (χ4v) is 5.90. The Morgan fingerprint density at radius 2 is 1.88 bits per heavy atom. The van der Waals surface area contributed by atoms with Crippen molar-refractivity contribution in [3.8, 4) is 0 Å². The van der Waals surface area contributed by atoms with Crippen LogP contribution in [0.25, 0.3) is 0 Å². The van der Waals surface area contributed by atoms with E-state index in [9.17, 15) is 16.8 Å². The first kappa shape index (κ1) is 14.4. The van der Waals surface area contributed by atoms with Gasteiger partial charge in [0.2, 0.25) is 10.0 Å². The van der Waals surface area contributed by atoms with Crippen LogP contribution in [0.2, 0.25) is 0 Å². The van der Waals surface area contributed by atoms with E-state index in [1.54, 1.807) is 0 Å². The van der Waals surface area contributed by atoms with Gasteiger partial charge in [0.05, 0.1) is 11.5 Å². The zero-order valence-corrected chi connectivity index (χ0v) is 12.3. The van der Waals surface area contributed by atoms with E-state index in [2.05, 4.69) is 15.9 Å². The van der Waals surface area contributed by atoms with Gasteiger partial charge in [-0.05, 0) is 12.8 Å². The molecule has 0 saturated carbocycles. The smallest absolute Gasteiger partial charge is 0.215 e. The maximum absolute atomic E-state index is 11.9. The van der Waals surface area contributed by atoms with Crippen LogP contribution < -0.4 is 0 Å². The van der Waals surface area contributed by atoms with E-state index in [0.717, 1.165) is 19.1 Å². The summed E-state index contributed by atoms with van der Waals surface area (Å²) in [6.45, 7) is 0.502. The number of hydrogen-bond donors (Lipinski definition) is 0. The first-order valence-corrected chi connectivity index (χ1v) is 9.78. The van der Waals surface area contributed by atoms with Crippen molar-refractivity contribution >= 4 is 35.8 Å². The zero-order chi connectivity index (χ0) is 12.4. The number of hydrogen-bond acceptors (Lipinski definition) is 4. The molecule has 0 aromatic heterocycles. The molecule has 0 aliphatic carbocycles. The quantitative estimate of drug-likeness (QED) is 0.675. The van der Waals surface area contributed by atoms with Crippen LogP contribution in [0.3, 0.4) is 0 Å². The van der Waals surface area contributed by atoms with Gasteiger partial charge in [0, 0.05) is 24.2 Å². The Morgan fingerprint density at radius 1 is 1.25 bits per heavy atom. The maximum Gasteiger partial charge on any atom is 0.215 e. The lowest BCUT2D eigenvalue weighted by molar-refractivity contribution is 0.414. The molecule has 1 atom stereocenters. The fraction of sp³-hybridized carbons (Fsp3) is 1.00. The highest BCUT2D eigenvalue weighted by molar-refractivity contribution is 9.09. The Labute approximate surface area is 105 Å². The van der Waals surface area contributed by atoms with Crippen LogP contribution in [0.1, 0.15) is 12.8 Å². The first-order valence-electron chi connectivity index (χ1n) is 4.99. The largest absolute Gasteiger partial charge is 0.229 e. The van der Waals surface area contributed by atoms with Gasteiger partial charge in [0.25, 0.3) is 0 Å². The highest BCUT2D eigenvalue weighted by Crippen LogP contribution is 2.22. The Morgan fingerprint density at radius 3 is 2.38 bits per heavy atom. The summed E-state index contributed by atoms with van der Waals surface area (Å²) >= 11 is 3.28. The van der Waals surface area contributed by atoms with Gasteiger partial charge in [-0.2, -0.15) is 4.31 Å². The first-order chi connectivity index (χ1) is 7.26. The molecule has 0 amide bonds. The molecule has 0 aromatic carbocycles. The van der Waals surface area contributed by atoms with Crippen LogP contribution in [-0.4, -0.2) is 56.8 Å². The molecule has 1 unspecified atom stereocenters. The van der Waals surface area contributed by atoms with Crippen molar-refractivity contribution in [3.63, 3.8) is 0 Å². The normalized spacial score (nSPS) is 23.8. The van der Waals surface area contributed by atoms with Crippen LogP contribution in [0.15, 0.2) is 0 Å². The van der Waals surface area contributed by atoms with Crippen molar-refractivity contribution in [2.24, 2.45) is 0 Å². The van der Waals surface area contributed by atoms with E-state index in [0.29, 0.717) is 11.9 Å². The maximum atomic E-state index is 11.9. The van der Waals surface area contributed by atoms with Crippen molar-refractivity contribution in [3.05, 3.63) is 0 Å². The number of nitrogens with zero attached hydrogens (tertiary/aromatic N) is 1. The molecular weight excluding hydrogens is 318 g/mol. The Bertz CT molecular complexity index is 431. The van der Waals surface area contributed by atoms with Crippen molar-refractivity contribution < 1.29 is 16.8 Å². The average Bonchev–Trinajstić information content (AvgIpc) is 2.62. The minimum absolute atomic E-state index is 0.0236. The Hall–Kier alpha value is 0.340. The predicted molar refractivity (Wildman–Crippen MR) is 67.0 cm³/mol. The summed E-state index contributed by atoms with van der Waals surface area (Å²) in [7, 11) is -6.66. The summed E-state index contributed by atoms with van der Waals surface area (Å²) in [5, 5.41) is 0.602. The molecule has 1 fully saturated rings. The summed E-state index contributed by atoms with van der Waals surface area (Å²) < 4.78 is 47.1. The third-order valence-electron chi connectivity index (χ3n) is 2.57. The average molecular weight is 334 g/mol. The summed E-state index contributed by atoms with van der Waals surface area (Å²) in [5.41, 5.74) is 0. The van der Waals surface area contributed by atoms with E-state index in [1.165, 1.54) is 4.31 Å². The minimum Gasteiger partial charge on any atom is -0.229 e. The van der Waals surface area contributed by atoms with Gasteiger partial charge in [0.1, 0.15) is 9.84 Å². The topological polar surface area (TPSA) is 71.5 Å². The molecule has 0 bridgehead atoms. The number of rotatable bonds is 5. The van der Waals surface area contributed by atoms with Crippen molar-refractivity contribution in [2.45, 2.75) is 18.9 Å². The van der Waals surface area contributed by atoms with Gasteiger partial charge in [0.15, 0.2) is 0 Å². The second-order valence-corrected chi connectivity index (χ2v) is 8.96. The molecule has 0 N–H and O–H groups in total. The molecule has 16 heavy (non-hydrogen) atoms. The SMILES string of the molecule is CS(=O)(=O)CCS(=O)(=O)N1CCCC1CBr. The van der Waals surface area contributed by atoms with Gasteiger partial charge >= 0.3 is 0 Å².